The summed E-state index contributed by atoms with van der Waals surface area (Å²) in [6, 6.07) is 4.52. The molecule has 0 N–H and O–H groups in total. The Balaban J connectivity index is 2.13. The van der Waals surface area contributed by atoms with E-state index in [9.17, 15) is 18.0 Å². The second-order valence-electron chi connectivity index (χ2n) is 4.55. The van der Waals surface area contributed by atoms with Gasteiger partial charge in [0.2, 0.25) is 0 Å². The summed E-state index contributed by atoms with van der Waals surface area (Å²) < 4.78 is 37.3. The van der Waals surface area contributed by atoms with Crippen LogP contribution in [0.15, 0.2) is 30.8 Å². The van der Waals surface area contributed by atoms with Crippen molar-refractivity contribution in [2.24, 2.45) is 0 Å². The van der Waals surface area contributed by atoms with Gasteiger partial charge >= 0.3 is 6.18 Å². The number of rotatable bonds is 2. The van der Waals surface area contributed by atoms with Crippen LogP contribution in [0.4, 0.5) is 13.2 Å². The van der Waals surface area contributed by atoms with Gasteiger partial charge < -0.3 is 4.90 Å². The molecule has 0 bridgehead atoms. The quantitative estimate of drug-likeness (QED) is 0.754. The van der Waals surface area contributed by atoms with E-state index < -0.39 is 11.7 Å². The number of alkyl halides is 3. The van der Waals surface area contributed by atoms with Gasteiger partial charge in [0.15, 0.2) is 0 Å². The molecular formula is C14H14F3NO. The molecule has 1 saturated heterocycles. The number of hydrogen-bond acceptors (Lipinski definition) is 1. The first-order chi connectivity index (χ1) is 8.89. The number of halogens is 3. The van der Waals surface area contributed by atoms with Gasteiger partial charge in [-0.15, -0.1) is 0 Å². The molecular weight excluding hydrogens is 255 g/mol. The van der Waals surface area contributed by atoms with Gasteiger partial charge in [-0.05, 0) is 30.5 Å². The van der Waals surface area contributed by atoms with Crippen LogP contribution in [0.3, 0.4) is 0 Å². The Labute approximate surface area is 109 Å². The maximum absolute atomic E-state index is 12.4. The van der Waals surface area contributed by atoms with Gasteiger partial charge in [0, 0.05) is 18.7 Å². The Bertz CT molecular complexity index is 484. The molecule has 0 aliphatic carbocycles. The van der Waals surface area contributed by atoms with Crippen molar-refractivity contribution < 1.29 is 18.0 Å². The van der Waals surface area contributed by atoms with Crippen molar-refractivity contribution in [3.05, 3.63) is 42.0 Å². The first-order valence-electron chi connectivity index (χ1n) is 6.05. The number of benzene rings is 1. The molecule has 0 spiro atoms. The molecule has 1 heterocycles. The van der Waals surface area contributed by atoms with Crippen molar-refractivity contribution >= 4 is 11.5 Å². The van der Waals surface area contributed by atoms with Gasteiger partial charge in [-0.2, -0.15) is 13.2 Å². The Morgan fingerprint density at radius 1 is 1.11 bits per heavy atom. The number of carbonyl (C=O) groups is 1. The van der Waals surface area contributed by atoms with Gasteiger partial charge in [-0.1, -0.05) is 18.7 Å². The summed E-state index contributed by atoms with van der Waals surface area (Å²) >= 11 is 0. The highest BCUT2D eigenvalue weighted by molar-refractivity contribution is 6.18. The van der Waals surface area contributed by atoms with Crippen molar-refractivity contribution in [3.8, 4) is 0 Å². The fourth-order valence-electron chi connectivity index (χ4n) is 2.09. The van der Waals surface area contributed by atoms with Crippen LogP contribution in [0.25, 0.3) is 5.57 Å². The van der Waals surface area contributed by atoms with Crippen LogP contribution >= 0.6 is 0 Å². The minimum Gasteiger partial charge on any atom is -0.339 e. The fraction of sp³-hybridized carbons (Fsp3) is 0.357. The molecule has 1 aliphatic heterocycles. The van der Waals surface area contributed by atoms with Crippen LogP contribution in [0, 0.1) is 0 Å². The summed E-state index contributed by atoms with van der Waals surface area (Å²) in [6.45, 7) is 5.07. The number of carbonyl (C=O) groups excluding carboxylic acids is 1. The molecule has 0 unspecified atom stereocenters. The number of nitrogens with zero attached hydrogens (tertiary/aromatic N) is 1. The molecule has 1 amide bonds. The lowest BCUT2D eigenvalue weighted by atomic mass is 10.0. The van der Waals surface area contributed by atoms with Crippen LogP contribution in [0.5, 0.6) is 0 Å². The average molecular weight is 269 g/mol. The summed E-state index contributed by atoms with van der Waals surface area (Å²) in [7, 11) is 0. The molecule has 2 rings (SSSR count). The highest BCUT2D eigenvalue weighted by atomic mass is 19.4. The third-order valence-electron chi connectivity index (χ3n) is 3.21. The lowest BCUT2D eigenvalue weighted by Gasteiger charge is -2.17. The summed E-state index contributed by atoms with van der Waals surface area (Å²) in [6.07, 6.45) is -2.43. The third-order valence-corrected chi connectivity index (χ3v) is 3.21. The van der Waals surface area contributed by atoms with E-state index in [-0.39, 0.29) is 11.5 Å². The van der Waals surface area contributed by atoms with E-state index in [1.807, 2.05) is 0 Å². The average Bonchev–Trinajstić information content (AvgIpc) is 2.90. The van der Waals surface area contributed by atoms with E-state index in [4.69, 9.17) is 0 Å². The Hall–Kier alpha value is -1.78. The zero-order valence-electron chi connectivity index (χ0n) is 10.3. The lowest BCUT2D eigenvalue weighted by molar-refractivity contribution is -0.137. The predicted octanol–water partition coefficient (Wildman–Crippen LogP) is 3.34. The van der Waals surface area contributed by atoms with Crippen molar-refractivity contribution in [3.63, 3.8) is 0 Å². The van der Waals surface area contributed by atoms with E-state index >= 15 is 0 Å². The number of likely N-dealkylation sites (tertiary alicyclic amines) is 1. The normalized spacial score (nSPS) is 15.6. The Morgan fingerprint density at radius 3 is 2.11 bits per heavy atom. The topological polar surface area (TPSA) is 20.3 Å². The molecule has 1 aliphatic rings. The lowest BCUT2D eigenvalue weighted by Crippen LogP contribution is -2.28. The molecule has 1 aromatic carbocycles. The zero-order chi connectivity index (χ0) is 14.0. The van der Waals surface area contributed by atoms with Crippen molar-refractivity contribution in [1.82, 2.24) is 4.90 Å². The maximum Gasteiger partial charge on any atom is 0.416 e. The second kappa shape index (κ2) is 5.07. The Morgan fingerprint density at radius 2 is 1.63 bits per heavy atom. The minimum absolute atomic E-state index is 0.197. The molecule has 19 heavy (non-hydrogen) atoms. The standard InChI is InChI=1S/C14H14F3NO/c1-10(13(19)18-8-2-3-9-18)11-4-6-12(7-5-11)14(15,16)17/h4-7H,1-3,8-9H2. The van der Waals surface area contributed by atoms with Crippen molar-refractivity contribution in [2.45, 2.75) is 19.0 Å². The smallest absolute Gasteiger partial charge is 0.339 e. The van der Waals surface area contributed by atoms with Crippen molar-refractivity contribution in [2.75, 3.05) is 13.1 Å². The van der Waals surface area contributed by atoms with E-state index in [2.05, 4.69) is 6.58 Å². The molecule has 0 saturated carbocycles. The molecule has 0 aromatic heterocycles. The minimum atomic E-state index is -4.36. The first kappa shape index (κ1) is 13.6. The molecule has 1 fully saturated rings. The van der Waals surface area contributed by atoms with E-state index in [1.54, 1.807) is 4.90 Å². The SMILES string of the molecule is C=C(C(=O)N1CCCC1)c1ccc(C(F)(F)F)cc1. The predicted molar refractivity (Wildman–Crippen MR) is 66.3 cm³/mol. The van der Waals surface area contributed by atoms with E-state index in [0.717, 1.165) is 25.0 Å². The van der Waals surface area contributed by atoms with Gasteiger partial charge in [0.05, 0.1) is 5.56 Å². The number of amides is 1. The van der Waals surface area contributed by atoms with Crippen LogP contribution in [0.2, 0.25) is 0 Å². The Kier molecular flexibility index (Phi) is 3.64. The highest BCUT2D eigenvalue weighted by Crippen LogP contribution is 2.30. The largest absolute Gasteiger partial charge is 0.416 e. The second-order valence-corrected chi connectivity index (χ2v) is 4.55. The summed E-state index contributed by atoms with van der Waals surface area (Å²) in [5.41, 5.74) is -0.0433. The summed E-state index contributed by atoms with van der Waals surface area (Å²) in [5.74, 6) is -0.197. The number of hydrogen-bond donors (Lipinski definition) is 0. The molecule has 1 aromatic rings. The van der Waals surface area contributed by atoms with E-state index in [0.29, 0.717) is 18.7 Å². The monoisotopic (exact) mass is 269 g/mol. The van der Waals surface area contributed by atoms with Gasteiger partial charge in [-0.25, -0.2) is 0 Å². The zero-order valence-corrected chi connectivity index (χ0v) is 10.3. The third kappa shape index (κ3) is 2.97. The molecule has 0 radical (unpaired) electrons. The van der Waals surface area contributed by atoms with Crippen molar-refractivity contribution in [1.29, 1.82) is 0 Å². The molecule has 5 heteroatoms. The van der Waals surface area contributed by atoms with Crippen LogP contribution < -0.4 is 0 Å². The molecule has 0 atom stereocenters. The fourth-order valence-corrected chi connectivity index (χ4v) is 2.09. The molecule has 2 nitrogen and oxygen atoms in total. The highest BCUT2D eigenvalue weighted by Gasteiger charge is 2.30. The van der Waals surface area contributed by atoms with Gasteiger partial charge in [-0.3, -0.25) is 4.79 Å². The summed E-state index contributed by atoms with van der Waals surface area (Å²) in [5, 5.41) is 0. The summed E-state index contributed by atoms with van der Waals surface area (Å²) in [4.78, 5) is 13.7. The van der Waals surface area contributed by atoms with E-state index in [1.165, 1.54) is 12.1 Å². The molecule has 102 valence electrons. The van der Waals surface area contributed by atoms with Gasteiger partial charge in [0.1, 0.15) is 0 Å². The van der Waals surface area contributed by atoms with Crippen LogP contribution in [-0.2, 0) is 11.0 Å². The van der Waals surface area contributed by atoms with Crippen LogP contribution in [-0.4, -0.2) is 23.9 Å². The first-order valence-corrected chi connectivity index (χ1v) is 6.05. The van der Waals surface area contributed by atoms with Crippen LogP contribution in [0.1, 0.15) is 24.0 Å². The van der Waals surface area contributed by atoms with Gasteiger partial charge in [0.25, 0.3) is 5.91 Å². The maximum atomic E-state index is 12.4.